The summed E-state index contributed by atoms with van der Waals surface area (Å²) < 4.78 is 5.30. The second-order valence-electron chi connectivity index (χ2n) is 3.64. The summed E-state index contributed by atoms with van der Waals surface area (Å²) in [7, 11) is 0. The lowest BCUT2D eigenvalue weighted by Crippen LogP contribution is -2.07. The fraction of sp³-hybridized carbons (Fsp3) is 0.636. The van der Waals surface area contributed by atoms with Crippen molar-refractivity contribution in [2.45, 2.75) is 46.3 Å². The third-order valence-electron chi connectivity index (χ3n) is 2.20. The van der Waals surface area contributed by atoms with E-state index in [4.69, 9.17) is 4.74 Å². The third kappa shape index (κ3) is 2.59. The summed E-state index contributed by atoms with van der Waals surface area (Å²) in [5.41, 5.74) is 2.05. The Kier molecular flexibility index (Phi) is 3.55. The van der Waals surface area contributed by atoms with Gasteiger partial charge >= 0.3 is 0 Å². The molecule has 0 aromatic rings. The number of allylic oxidation sites excluding steroid dienone is 2. The molecule has 0 fully saturated rings. The number of aliphatic hydroxyl groups excluding tert-OH is 1. The van der Waals surface area contributed by atoms with Gasteiger partial charge in [0.15, 0.2) is 0 Å². The van der Waals surface area contributed by atoms with E-state index in [0.29, 0.717) is 0 Å². The van der Waals surface area contributed by atoms with Crippen LogP contribution >= 0.6 is 0 Å². The average molecular weight is 182 g/mol. The summed E-state index contributed by atoms with van der Waals surface area (Å²) in [5, 5.41) is 9.50. The molecule has 0 bridgehead atoms. The van der Waals surface area contributed by atoms with Crippen LogP contribution in [0, 0.1) is 0 Å². The van der Waals surface area contributed by atoms with Crippen molar-refractivity contribution in [3.05, 3.63) is 23.0 Å². The molecule has 0 radical (unpaired) electrons. The summed E-state index contributed by atoms with van der Waals surface area (Å²) >= 11 is 0. The summed E-state index contributed by atoms with van der Waals surface area (Å²) in [6, 6.07) is 0. The van der Waals surface area contributed by atoms with Gasteiger partial charge in [-0.05, 0) is 26.3 Å². The Labute approximate surface area is 79.9 Å². The van der Waals surface area contributed by atoms with Gasteiger partial charge in [0.05, 0.1) is 0 Å². The van der Waals surface area contributed by atoms with Crippen LogP contribution in [0.15, 0.2) is 23.0 Å². The van der Waals surface area contributed by atoms with Gasteiger partial charge in [0.1, 0.15) is 5.76 Å². The number of unbranched alkanes of at least 4 members (excludes halogenated alkanes) is 1. The van der Waals surface area contributed by atoms with Crippen molar-refractivity contribution in [2.24, 2.45) is 0 Å². The second-order valence-corrected chi connectivity index (χ2v) is 3.64. The Morgan fingerprint density at radius 1 is 1.54 bits per heavy atom. The topological polar surface area (TPSA) is 29.5 Å². The maximum Gasteiger partial charge on any atom is 0.223 e. The molecule has 0 spiro atoms. The van der Waals surface area contributed by atoms with E-state index in [1.165, 1.54) is 0 Å². The van der Waals surface area contributed by atoms with E-state index in [9.17, 15) is 5.11 Å². The fourth-order valence-electron chi connectivity index (χ4n) is 1.36. The summed E-state index contributed by atoms with van der Waals surface area (Å²) in [4.78, 5) is 0. The van der Waals surface area contributed by atoms with Crippen molar-refractivity contribution >= 4 is 0 Å². The highest BCUT2D eigenvalue weighted by Crippen LogP contribution is 2.26. The SMILES string of the molecule is CCCCC1=CC(=C(C)C)C(O)O1. The van der Waals surface area contributed by atoms with Crippen LogP contribution in [-0.4, -0.2) is 11.4 Å². The maximum atomic E-state index is 9.50. The Bertz CT molecular complexity index is 234. The Hall–Kier alpha value is -0.760. The van der Waals surface area contributed by atoms with E-state index in [0.717, 1.165) is 36.2 Å². The first kappa shape index (κ1) is 10.3. The quantitative estimate of drug-likeness (QED) is 0.727. The lowest BCUT2D eigenvalue weighted by molar-refractivity contribution is -0.0237. The van der Waals surface area contributed by atoms with Crippen molar-refractivity contribution < 1.29 is 9.84 Å². The summed E-state index contributed by atoms with van der Waals surface area (Å²) in [6.07, 6.45) is 4.45. The zero-order chi connectivity index (χ0) is 9.84. The van der Waals surface area contributed by atoms with Crippen LogP contribution < -0.4 is 0 Å². The second kappa shape index (κ2) is 4.47. The fourth-order valence-corrected chi connectivity index (χ4v) is 1.36. The molecule has 1 unspecified atom stereocenters. The van der Waals surface area contributed by atoms with Crippen LogP contribution in [0.5, 0.6) is 0 Å². The van der Waals surface area contributed by atoms with Crippen molar-refractivity contribution in [3.63, 3.8) is 0 Å². The van der Waals surface area contributed by atoms with Gasteiger partial charge in [-0.25, -0.2) is 0 Å². The van der Waals surface area contributed by atoms with E-state index in [1.54, 1.807) is 0 Å². The molecule has 0 saturated heterocycles. The minimum Gasteiger partial charge on any atom is -0.465 e. The van der Waals surface area contributed by atoms with Crippen molar-refractivity contribution in [1.29, 1.82) is 0 Å². The first-order valence-corrected chi connectivity index (χ1v) is 4.87. The molecule has 1 N–H and O–H groups in total. The molecule has 0 amide bonds. The molecule has 0 aliphatic carbocycles. The number of rotatable bonds is 3. The predicted molar refractivity (Wildman–Crippen MR) is 53.1 cm³/mol. The molecular weight excluding hydrogens is 164 g/mol. The van der Waals surface area contributed by atoms with E-state index in [2.05, 4.69) is 6.92 Å². The molecule has 2 heteroatoms. The molecule has 0 saturated carbocycles. The molecule has 2 nitrogen and oxygen atoms in total. The van der Waals surface area contributed by atoms with Crippen LogP contribution in [0.2, 0.25) is 0 Å². The number of ether oxygens (including phenoxy) is 1. The van der Waals surface area contributed by atoms with Gasteiger partial charge in [-0.2, -0.15) is 0 Å². The molecule has 1 aliphatic heterocycles. The molecule has 1 rings (SSSR count). The van der Waals surface area contributed by atoms with E-state index in [1.807, 2.05) is 19.9 Å². The maximum absolute atomic E-state index is 9.50. The van der Waals surface area contributed by atoms with Crippen molar-refractivity contribution in [1.82, 2.24) is 0 Å². The minimum absolute atomic E-state index is 0.725. The Morgan fingerprint density at radius 2 is 2.23 bits per heavy atom. The molecular formula is C11H18O2. The molecule has 1 atom stereocenters. The zero-order valence-corrected chi connectivity index (χ0v) is 8.63. The molecule has 0 aromatic heterocycles. The first-order valence-electron chi connectivity index (χ1n) is 4.87. The van der Waals surface area contributed by atoms with Crippen LogP contribution in [0.25, 0.3) is 0 Å². The largest absolute Gasteiger partial charge is 0.465 e. The van der Waals surface area contributed by atoms with Gasteiger partial charge in [0.25, 0.3) is 0 Å². The van der Waals surface area contributed by atoms with Gasteiger partial charge in [0, 0.05) is 12.0 Å². The molecule has 74 valence electrons. The Balaban J connectivity index is 2.62. The highest BCUT2D eigenvalue weighted by Gasteiger charge is 2.20. The van der Waals surface area contributed by atoms with Gasteiger partial charge < -0.3 is 9.84 Å². The lowest BCUT2D eigenvalue weighted by atomic mass is 10.1. The van der Waals surface area contributed by atoms with Crippen LogP contribution in [0.3, 0.4) is 0 Å². The number of hydrogen-bond donors (Lipinski definition) is 1. The smallest absolute Gasteiger partial charge is 0.223 e. The monoisotopic (exact) mass is 182 g/mol. The first-order chi connectivity index (χ1) is 6.15. The van der Waals surface area contributed by atoms with E-state index >= 15 is 0 Å². The predicted octanol–water partition coefficient (Wildman–Crippen LogP) is 2.75. The molecule has 0 aromatic carbocycles. The number of hydrogen-bond acceptors (Lipinski definition) is 2. The van der Waals surface area contributed by atoms with Crippen LogP contribution in [-0.2, 0) is 4.74 Å². The zero-order valence-electron chi connectivity index (χ0n) is 8.63. The summed E-state index contributed by atoms with van der Waals surface area (Å²) in [6.45, 7) is 6.12. The number of aliphatic hydroxyl groups is 1. The average Bonchev–Trinajstić information content (AvgIpc) is 2.43. The molecule has 1 aliphatic rings. The Morgan fingerprint density at radius 3 is 2.69 bits per heavy atom. The van der Waals surface area contributed by atoms with Crippen LogP contribution in [0.1, 0.15) is 40.0 Å². The van der Waals surface area contributed by atoms with Gasteiger partial charge in [0.2, 0.25) is 6.29 Å². The van der Waals surface area contributed by atoms with E-state index < -0.39 is 6.29 Å². The summed E-state index contributed by atoms with van der Waals surface area (Å²) in [5.74, 6) is 0.922. The highest BCUT2D eigenvalue weighted by molar-refractivity contribution is 5.31. The van der Waals surface area contributed by atoms with Crippen molar-refractivity contribution in [3.8, 4) is 0 Å². The minimum atomic E-state index is -0.725. The standard InChI is InChI=1S/C11H18O2/c1-4-5-6-9-7-10(8(2)3)11(12)13-9/h7,11-12H,4-6H2,1-3H3. The van der Waals surface area contributed by atoms with Gasteiger partial charge in [-0.1, -0.05) is 18.9 Å². The highest BCUT2D eigenvalue weighted by atomic mass is 16.6. The van der Waals surface area contributed by atoms with E-state index in [-0.39, 0.29) is 0 Å². The lowest BCUT2D eigenvalue weighted by Gasteiger charge is -2.08. The van der Waals surface area contributed by atoms with Gasteiger partial charge in [-0.3, -0.25) is 0 Å². The normalized spacial score (nSPS) is 21.4. The van der Waals surface area contributed by atoms with Gasteiger partial charge in [-0.15, -0.1) is 0 Å². The van der Waals surface area contributed by atoms with Crippen molar-refractivity contribution in [2.75, 3.05) is 0 Å². The third-order valence-corrected chi connectivity index (χ3v) is 2.20. The molecule has 1 heterocycles. The van der Waals surface area contributed by atoms with Crippen LogP contribution in [0.4, 0.5) is 0 Å². The molecule has 13 heavy (non-hydrogen) atoms.